The van der Waals surface area contributed by atoms with Crippen molar-refractivity contribution in [2.75, 3.05) is 24.5 Å². The molecule has 0 radical (unpaired) electrons. The zero-order valence-electron chi connectivity index (χ0n) is 18.9. The van der Waals surface area contributed by atoms with Crippen molar-refractivity contribution in [2.45, 2.75) is 44.1 Å². The number of hydrogen-bond donors (Lipinski definition) is 2. The average Bonchev–Trinajstić information content (AvgIpc) is 3.46. The van der Waals surface area contributed by atoms with Gasteiger partial charge in [-0.2, -0.15) is 5.10 Å². The number of alkyl halides is 2. The summed E-state index contributed by atoms with van der Waals surface area (Å²) in [6, 6.07) is 13.9. The van der Waals surface area contributed by atoms with Crippen LogP contribution in [0.15, 0.2) is 59.7 Å². The molecule has 0 amide bonds. The fourth-order valence-electron chi connectivity index (χ4n) is 5.92. The van der Waals surface area contributed by atoms with Crippen LogP contribution >= 0.6 is 0 Å². The third kappa shape index (κ3) is 3.47. The molecule has 1 saturated heterocycles. The van der Waals surface area contributed by atoms with Crippen molar-refractivity contribution in [1.29, 1.82) is 0 Å². The van der Waals surface area contributed by atoms with Gasteiger partial charge in [0.25, 0.3) is 0 Å². The second-order valence-electron chi connectivity index (χ2n) is 9.73. The van der Waals surface area contributed by atoms with E-state index in [0.29, 0.717) is 29.8 Å². The molecule has 6 nitrogen and oxygen atoms in total. The molecule has 2 atom stereocenters. The number of benzene rings is 2. The molecule has 0 bridgehead atoms. The van der Waals surface area contributed by atoms with E-state index in [4.69, 9.17) is 15.2 Å². The number of nitrogens with zero attached hydrogens (tertiary/aromatic N) is 2. The first-order chi connectivity index (χ1) is 16.4. The van der Waals surface area contributed by atoms with E-state index in [0.717, 1.165) is 38.0 Å². The predicted molar refractivity (Wildman–Crippen MR) is 126 cm³/mol. The normalized spacial score (nSPS) is 26.3. The van der Waals surface area contributed by atoms with Crippen LogP contribution in [0.4, 0.5) is 14.5 Å². The molecular formula is C26H28F2N4O2. The number of anilines is 1. The van der Waals surface area contributed by atoms with Gasteiger partial charge < -0.3 is 20.8 Å². The van der Waals surface area contributed by atoms with E-state index in [2.05, 4.69) is 46.3 Å². The van der Waals surface area contributed by atoms with Crippen LogP contribution in [0.3, 0.4) is 0 Å². The summed E-state index contributed by atoms with van der Waals surface area (Å²) in [5.74, 6) is 0.111. The second-order valence-corrected chi connectivity index (χ2v) is 9.73. The van der Waals surface area contributed by atoms with Crippen molar-refractivity contribution in [3.05, 3.63) is 71.3 Å². The van der Waals surface area contributed by atoms with Crippen molar-refractivity contribution < 1.29 is 18.3 Å². The second kappa shape index (κ2) is 7.78. The molecule has 3 aliphatic heterocycles. The van der Waals surface area contributed by atoms with Crippen LogP contribution in [0.5, 0.6) is 5.75 Å². The summed E-state index contributed by atoms with van der Waals surface area (Å²) in [5, 5.41) is 4.19. The SMILES string of the molecule is C=C(C1=NNCC1)[C@@H]1OC(F)(F)Oc2ccc(N3CCC4(CC3)Cc3ccccc3C4N)cc21. The quantitative estimate of drug-likeness (QED) is 0.700. The third-order valence-electron chi connectivity index (χ3n) is 7.85. The van der Waals surface area contributed by atoms with E-state index < -0.39 is 12.4 Å². The van der Waals surface area contributed by atoms with E-state index in [-0.39, 0.29) is 17.2 Å². The zero-order chi connectivity index (χ0) is 23.5. The molecule has 1 aliphatic carbocycles. The van der Waals surface area contributed by atoms with Crippen LogP contribution in [0, 0.1) is 5.41 Å². The number of ether oxygens (including phenoxy) is 2. The smallest absolute Gasteiger partial charge is 0.409 e. The first-order valence-corrected chi connectivity index (χ1v) is 11.8. The molecule has 3 heterocycles. The molecule has 1 spiro atoms. The molecule has 4 aliphatic rings. The van der Waals surface area contributed by atoms with E-state index in [1.165, 1.54) is 11.1 Å². The third-order valence-corrected chi connectivity index (χ3v) is 7.85. The lowest BCUT2D eigenvalue weighted by molar-refractivity contribution is -0.376. The lowest BCUT2D eigenvalue weighted by Crippen LogP contribution is -2.44. The Kier molecular flexibility index (Phi) is 4.93. The number of nitrogens with two attached hydrogens (primary N) is 1. The fraction of sp³-hybridized carbons (Fsp3) is 0.423. The summed E-state index contributed by atoms with van der Waals surface area (Å²) in [6.45, 7) is 6.38. The zero-order valence-corrected chi connectivity index (χ0v) is 18.9. The number of piperidine rings is 1. The monoisotopic (exact) mass is 466 g/mol. The minimum absolute atomic E-state index is 0.0481. The Morgan fingerprint density at radius 3 is 2.68 bits per heavy atom. The summed E-state index contributed by atoms with van der Waals surface area (Å²) >= 11 is 0. The Morgan fingerprint density at radius 1 is 1.15 bits per heavy atom. The molecule has 0 saturated carbocycles. The largest absolute Gasteiger partial charge is 0.536 e. The average molecular weight is 467 g/mol. The van der Waals surface area contributed by atoms with Gasteiger partial charge in [0.05, 0.1) is 5.71 Å². The topological polar surface area (TPSA) is 72.1 Å². The molecule has 0 aromatic heterocycles. The predicted octanol–water partition coefficient (Wildman–Crippen LogP) is 4.44. The van der Waals surface area contributed by atoms with Crippen LogP contribution in [0.1, 0.15) is 48.1 Å². The van der Waals surface area contributed by atoms with E-state index >= 15 is 0 Å². The van der Waals surface area contributed by atoms with Gasteiger partial charge in [0.1, 0.15) is 11.9 Å². The fourth-order valence-corrected chi connectivity index (χ4v) is 5.92. The maximum atomic E-state index is 14.2. The maximum Gasteiger partial charge on any atom is 0.536 e. The molecule has 2 aromatic rings. The van der Waals surface area contributed by atoms with E-state index in [1.54, 1.807) is 6.07 Å². The van der Waals surface area contributed by atoms with Gasteiger partial charge >= 0.3 is 6.29 Å². The van der Waals surface area contributed by atoms with Gasteiger partial charge in [-0.05, 0) is 54.0 Å². The van der Waals surface area contributed by atoms with Gasteiger partial charge in [0.15, 0.2) is 0 Å². The van der Waals surface area contributed by atoms with Crippen molar-refractivity contribution in [3.63, 3.8) is 0 Å². The number of rotatable bonds is 3. The summed E-state index contributed by atoms with van der Waals surface area (Å²) in [5.41, 5.74) is 14.9. The van der Waals surface area contributed by atoms with E-state index in [9.17, 15) is 8.78 Å². The number of halogens is 2. The highest BCUT2D eigenvalue weighted by Gasteiger charge is 2.47. The Balaban J connectivity index is 1.24. The highest BCUT2D eigenvalue weighted by Crippen LogP contribution is 2.51. The Bertz CT molecular complexity index is 1170. The lowest BCUT2D eigenvalue weighted by Gasteiger charge is -2.43. The molecular weight excluding hydrogens is 438 g/mol. The molecule has 1 unspecified atom stereocenters. The standard InChI is InChI=1S/C26H28F2N4O2/c1-16(21-8-11-30-31-21)23-20-14-18(6-7-22(20)33-26(27,28)34-23)32-12-9-25(10-13-32)15-17-4-2-3-5-19(17)24(25)29/h2-7,14,23-24,30H,1,8-13,15,29H2/t23-,24?/m0/s1. The minimum Gasteiger partial charge on any atom is -0.409 e. The molecule has 1 fully saturated rings. The van der Waals surface area contributed by atoms with Crippen LogP contribution < -0.4 is 20.8 Å². The first kappa shape index (κ1) is 21.6. The van der Waals surface area contributed by atoms with Crippen molar-refractivity contribution >= 4 is 11.4 Å². The molecule has 8 heteroatoms. The number of fused-ring (bicyclic) bond motifs is 2. The number of hydrazone groups is 1. The van der Waals surface area contributed by atoms with Crippen molar-refractivity contribution in [3.8, 4) is 5.75 Å². The first-order valence-electron chi connectivity index (χ1n) is 11.8. The molecule has 34 heavy (non-hydrogen) atoms. The van der Waals surface area contributed by atoms with E-state index in [1.807, 2.05) is 12.1 Å². The van der Waals surface area contributed by atoms with Crippen molar-refractivity contribution in [1.82, 2.24) is 5.43 Å². The van der Waals surface area contributed by atoms with Gasteiger partial charge in [0.2, 0.25) is 0 Å². The molecule has 178 valence electrons. The maximum absolute atomic E-state index is 14.2. The highest BCUT2D eigenvalue weighted by molar-refractivity contribution is 6.01. The molecule has 6 rings (SSSR count). The Hall–Kier alpha value is -2.97. The van der Waals surface area contributed by atoms with Crippen LogP contribution in [-0.2, 0) is 11.2 Å². The van der Waals surface area contributed by atoms with Gasteiger partial charge in [-0.3, -0.25) is 4.74 Å². The Labute approximate surface area is 197 Å². The lowest BCUT2D eigenvalue weighted by atomic mass is 9.73. The van der Waals surface area contributed by atoms with Gasteiger partial charge in [-0.25, -0.2) is 0 Å². The summed E-state index contributed by atoms with van der Waals surface area (Å²) in [7, 11) is 0. The summed E-state index contributed by atoms with van der Waals surface area (Å²) < 4.78 is 38.3. The Morgan fingerprint density at radius 2 is 1.94 bits per heavy atom. The van der Waals surface area contributed by atoms with Crippen LogP contribution in [-0.4, -0.2) is 31.6 Å². The van der Waals surface area contributed by atoms with Gasteiger partial charge in [0, 0.05) is 48.9 Å². The van der Waals surface area contributed by atoms with Crippen molar-refractivity contribution in [2.24, 2.45) is 16.3 Å². The number of hydrogen-bond acceptors (Lipinski definition) is 6. The summed E-state index contributed by atoms with van der Waals surface area (Å²) in [4.78, 5) is 2.29. The molecule has 3 N–H and O–H groups in total. The summed E-state index contributed by atoms with van der Waals surface area (Å²) in [6.07, 6.45) is -1.16. The number of nitrogens with one attached hydrogen (secondary N) is 1. The highest BCUT2D eigenvalue weighted by atomic mass is 19.3. The van der Waals surface area contributed by atoms with Gasteiger partial charge in [-0.15, -0.1) is 8.78 Å². The van der Waals surface area contributed by atoms with Crippen LogP contribution in [0.2, 0.25) is 0 Å². The minimum atomic E-state index is -3.72. The van der Waals surface area contributed by atoms with Crippen LogP contribution in [0.25, 0.3) is 0 Å². The van der Waals surface area contributed by atoms with Gasteiger partial charge in [-0.1, -0.05) is 30.8 Å². The molecule has 2 aromatic carbocycles.